The summed E-state index contributed by atoms with van der Waals surface area (Å²) in [6.45, 7) is -0.321. The SMILES string of the molecule is COc1ccc(Cn2c(=O)c3oc4ccccc4c3n(CC(=O)Nc3cccc(Cl)c3)c2=O)cc1. The lowest BCUT2D eigenvalue weighted by atomic mass is 10.2. The van der Waals surface area contributed by atoms with Gasteiger partial charge in [0.25, 0.3) is 5.56 Å². The number of anilines is 1. The van der Waals surface area contributed by atoms with Crippen LogP contribution in [-0.2, 0) is 17.9 Å². The molecule has 3 aromatic carbocycles. The first-order chi connectivity index (χ1) is 16.9. The van der Waals surface area contributed by atoms with Gasteiger partial charge in [0.1, 0.15) is 23.4 Å². The molecule has 0 bridgehead atoms. The Morgan fingerprint density at radius 2 is 1.77 bits per heavy atom. The van der Waals surface area contributed by atoms with E-state index < -0.39 is 17.2 Å². The molecule has 5 aromatic rings. The minimum absolute atomic E-state index is 0.00452. The average molecular weight is 490 g/mol. The van der Waals surface area contributed by atoms with Gasteiger partial charge in [0.05, 0.1) is 13.7 Å². The molecule has 0 radical (unpaired) electrons. The third kappa shape index (κ3) is 4.31. The van der Waals surface area contributed by atoms with Gasteiger partial charge in [-0.25, -0.2) is 4.79 Å². The van der Waals surface area contributed by atoms with Crippen LogP contribution in [0.4, 0.5) is 5.69 Å². The van der Waals surface area contributed by atoms with Gasteiger partial charge in [0.15, 0.2) is 0 Å². The van der Waals surface area contributed by atoms with E-state index in [1.807, 2.05) is 0 Å². The summed E-state index contributed by atoms with van der Waals surface area (Å²) in [5, 5.41) is 3.79. The number of carbonyl (C=O) groups excluding carboxylic acids is 1. The summed E-state index contributed by atoms with van der Waals surface area (Å²) < 4.78 is 13.4. The van der Waals surface area contributed by atoms with Gasteiger partial charge < -0.3 is 14.5 Å². The second-order valence-electron chi connectivity index (χ2n) is 7.94. The normalized spacial score (nSPS) is 11.1. The van der Waals surface area contributed by atoms with Crippen molar-refractivity contribution in [3.63, 3.8) is 0 Å². The third-order valence-electron chi connectivity index (χ3n) is 5.65. The highest BCUT2D eigenvalue weighted by atomic mass is 35.5. The Morgan fingerprint density at radius 1 is 1.00 bits per heavy atom. The van der Waals surface area contributed by atoms with Crippen LogP contribution < -0.4 is 21.3 Å². The molecule has 0 aliphatic heterocycles. The molecule has 0 saturated heterocycles. The van der Waals surface area contributed by atoms with Crippen LogP contribution in [0.2, 0.25) is 5.02 Å². The molecule has 176 valence electrons. The standard InChI is InChI=1S/C26H20ClN3O5/c1-34-19-11-9-16(10-12-19)14-30-25(32)24-23(20-7-2-3-8-21(20)35-24)29(26(30)33)15-22(31)28-18-6-4-5-17(27)13-18/h2-13H,14-15H2,1H3,(H,28,31). The van der Waals surface area contributed by atoms with Crippen LogP contribution in [0.15, 0.2) is 86.8 Å². The molecule has 0 aliphatic rings. The Kier molecular flexibility index (Phi) is 5.88. The number of halogens is 1. The van der Waals surface area contributed by atoms with Crippen molar-refractivity contribution in [3.8, 4) is 5.75 Å². The molecule has 5 rings (SSSR count). The largest absolute Gasteiger partial charge is 0.497 e. The first-order valence-electron chi connectivity index (χ1n) is 10.8. The molecule has 1 N–H and O–H groups in total. The van der Waals surface area contributed by atoms with E-state index in [1.54, 1.807) is 79.9 Å². The van der Waals surface area contributed by atoms with Crippen molar-refractivity contribution in [3.05, 3.63) is 104 Å². The van der Waals surface area contributed by atoms with E-state index in [2.05, 4.69) is 5.32 Å². The Balaban J connectivity index is 1.63. The van der Waals surface area contributed by atoms with E-state index in [4.69, 9.17) is 20.8 Å². The Hall–Kier alpha value is -4.30. The van der Waals surface area contributed by atoms with Gasteiger partial charge >= 0.3 is 5.69 Å². The van der Waals surface area contributed by atoms with E-state index >= 15 is 0 Å². The highest BCUT2D eigenvalue weighted by molar-refractivity contribution is 6.30. The van der Waals surface area contributed by atoms with Crippen molar-refractivity contribution in [2.45, 2.75) is 13.1 Å². The highest BCUT2D eigenvalue weighted by Gasteiger charge is 2.21. The number of nitrogens with one attached hydrogen (secondary N) is 1. The van der Waals surface area contributed by atoms with Crippen LogP contribution in [0.25, 0.3) is 22.1 Å². The summed E-state index contributed by atoms with van der Waals surface area (Å²) in [6.07, 6.45) is 0. The number of aromatic nitrogens is 2. The van der Waals surface area contributed by atoms with Gasteiger partial charge in [-0.1, -0.05) is 41.9 Å². The van der Waals surface area contributed by atoms with Crippen LogP contribution >= 0.6 is 11.6 Å². The van der Waals surface area contributed by atoms with Gasteiger partial charge in [-0.15, -0.1) is 0 Å². The van der Waals surface area contributed by atoms with E-state index in [0.29, 0.717) is 27.4 Å². The molecule has 0 atom stereocenters. The van der Waals surface area contributed by atoms with Gasteiger partial charge in [-0.2, -0.15) is 0 Å². The fourth-order valence-corrected chi connectivity index (χ4v) is 4.20. The van der Waals surface area contributed by atoms with Crippen LogP contribution in [0.1, 0.15) is 5.56 Å². The number of furan rings is 1. The van der Waals surface area contributed by atoms with Gasteiger partial charge in [0, 0.05) is 16.1 Å². The molecule has 2 aromatic heterocycles. The molecule has 1 amide bonds. The molecule has 0 saturated carbocycles. The number of benzene rings is 3. The number of ether oxygens (including phenoxy) is 1. The third-order valence-corrected chi connectivity index (χ3v) is 5.89. The number of rotatable bonds is 6. The summed E-state index contributed by atoms with van der Waals surface area (Å²) in [4.78, 5) is 39.8. The van der Waals surface area contributed by atoms with Crippen molar-refractivity contribution < 1.29 is 13.9 Å². The summed E-state index contributed by atoms with van der Waals surface area (Å²) in [7, 11) is 1.56. The monoisotopic (exact) mass is 489 g/mol. The van der Waals surface area contributed by atoms with Crippen LogP contribution in [0, 0.1) is 0 Å². The van der Waals surface area contributed by atoms with Crippen molar-refractivity contribution >= 4 is 45.3 Å². The van der Waals surface area contributed by atoms with Crippen LogP contribution in [0.3, 0.4) is 0 Å². The average Bonchev–Trinajstić information content (AvgIpc) is 3.25. The maximum atomic E-state index is 13.6. The number of methoxy groups -OCH3 is 1. The summed E-state index contributed by atoms with van der Waals surface area (Å²) in [5.41, 5.74) is 0.767. The molecule has 2 heterocycles. The zero-order valence-corrected chi connectivity index (χ0v) is 19.4. The van der Waals surface area contributed by atoms with E-state index in [0.717, 1.165) is 10.1 Å². The van der Waals surface area contributed by atoms with Crippen molar-refractivity contribution in [1.29, 1.82) is 0 Å². The molecular weight excluding hydrogens is 470 g/mol. The van der Waals surface area contributed by atoms with Crippen molar-refractivity contribution in [1.82, 2.24) is 9.13 Å². The highest BCUT2D eigenvalue weighted by Crippen LogP contribution is 2.26. The summed E-state index contributed by atoms with van der Waals surface area (Å²) in [5.74, 6) is 0.208. The van der Waals surface area contributed by atoms with E-state index in [9.17, 15) is 14.4 Å². The lowest BCUT2D eigenvalue weighted by molar-refractivity contribution is -0.116. The lowest BCUT2D eigenvalue weighted by Crippen LogP contribution is -2.41. The maximum Gasteiger partial charge on any atom is 0.332 e. The number of hydrogen-bond donors (Lipinski definition) is 1. The zero-order chi connectivity index (χ0) is 24.5. The number of carbonyl (C=O) groups is 1. The molecule has 0 spiro atoms. The van der Waals surface area contributed by atoms with Crippen LogP contribution in [-0.4, -0.2) is 22.2 Å². The van der Waals surface area contributed by atoms with Crippen LogP contribution in [0.5, 0.6) is 5.75 Å². The smallest absolute Gasteiger partial charge is 0.332 e. The lowest BCUT2D eigenvalue weighted by Gasteiger charge is -2.13. The molecule has 0 aliphatic carbocycles. The quantitative estimate of drug-likeness (QED) is 0.384. The topological polar surface area (TPSA) is 95.5 Å². The fourth-order valence-electron chi connectivity index (χ4n) is 4.01. The number of hydrogen-bond acceptors (Lipinski definition) is 5. The number of amides is 1. The molecular formula is C26H20ClN3O5. The maximum absolute atomic E-state index is 13.6. The minimum atomic E-state index is -0.619. The molecule has 35 heavy (non-hydrogen) atoms. The van der Waals surface area contributed by atoms with Crippen molar-refractivity contribution in [2.24, 2.45) is 0 Å². The number of fused-ring (bicyclic) bond motifs is 3. The summed E-state index contributed by atoms with van der Waals surface area (Å²) in [6, 6.07) is 20.7. The molecule has 0 unspecified atom stereocenters. The van der Waals surface area contributed by atoms with Crippen molar-refractivity contribution in [2.75, 3.05) is 12.4 Å². The predicted molar refractivity (Wildman–Crippen MR) is 134 cm³/mol. The van der Waals surface area contributed by atoms with Gasteiger partial charge in [-0.05, 0) is 48.0 Å². The molecule has 9 heteroatoms. The first-order valence-corrected chi connectivity index (χ1v) is 11.2. The number of nitrogens with zero attached hydrogens (tertiary/aromatic N) is 2. The second-order valence-corrected chi connectivity index (χ2v) is 8.38. The Labute approximate surface area is 203 Å². The Bertz CT molecular complexity index is 1680. The zero-order valence-electron chi connectivity index (χ0n) is 18.7. The Morgan fingerprint density at radius 3 is 2.51 bits per heavy atom. The molecule has 0 fully saturated rings. The van der Waals surface area contributed by atoms with E-state index in [-0.39, 0.29) is 24.2 Å². The van der Waals surface area contributed by atoms with Gasteiger partial charge in [-0.3, -0.25) is 18.7 Å². The first kappa shape index (κ1) is 22.5. The second kappa shape index (κ2) is 9.15. The minimum Gasteiger partial charge on any atom is -0.497 e. The van der Waals surface area contributed by atoms with Gasteiger partial charge in [0.2, 0.25) is 11.5 Å². The summed E-state index contributed by atoms with van der Waals surface area (Å²) >= 11 is 6.01. The van der Waals surface area contributed by atoms with E-state index in [1.165, 1.54) is 4.57 Å². The number of para-hydroxylation sites is 1. The predicted octanol–water partition coefficient (Wildman–Crippen LogP) is 4.26. The fraction of sp³-hybridized carbons (Fsp3) is 0.115. The molecule has 8 nitrogen and oxygen atoms in total.